The normalized spacial score (nSPS) is 15.3. The molecule has 1 N–H and O–H groups in total. The van der Waals surface area contributed by atoms with Crippen molar-refractivity contribution >= 4 is 11.3 Å². The van der Waals surface area contributed by atoms with Crippen LogP contribution in [0.4, 0.5) is 0 Å². The molecule has 0 spiro atoms. The molecule has 0 radical (unpaired) electrons. The monoisotopic (exact) mass is 268 g/mol. The van der Waals surface area contributed by atoms with Crippen molar-refractivity contribution in [3.63, 3.8) is 0 Å². The van der Waals surface area contributed by atoms with Crippen LogP contribution in [0.5, 0.6) is 0 Å². The summed E-state index contributed by atoms with van der Waals surface area (Å²) in [5, 5.41) is 5.74. The summed E-state index contributed by atoms with van der Waals surface area (Å²) in [5.41, 5.74) is 0. The summed E-state index contributed by atoms with van der Waals surface area (Å²) >= 11 is 1.85. The third-order valence-corrected chi connectivity index (χ3v) is 4.59. The Labute approximate surface area is 116 Å². The van der Waals surface area contributed by atoms with Crippen molar-refractivity contribution in [3.05, 3.63) is 22.4 Å². The van der Waals surface area contributed by atoms with Gasteiger partial charge in [0.05, 0.1) is 0 Å². The third-order valence-electron chi connectivity index (χ3n) is 3.55. The minimum absolute atomic E-state index is 0.510. The van der Waals surface area contributed by atoms with Crippen molar-refractivity contribution in [1.82, 2.24) is 10.2 Å². The molecule has 0 fully saturated rings. The second kappa shape index (κ2) is 7.93. The number of nitrogens with one attached hydrogen (secondary N) is 1. The van der Waals surface area contributed by atoms with E-state index in [0.29, 0.717) is 12.1 Å². The van der Waals surface area contributed by atoms with Crippen molar-refractivity contribution in [2.45, 2.75) is 46.2 Å². The Kier molecular flexibility index (Phi) is 6.90. The van der Waals surface area contributed by atoms with E-state index in [2.05, 4.69) is 62.5 Å². The van der Waals surface area contributed by atoms with Crippen LogP contribution in [0.2, 0.25) is 0 Å². The maximum absolute atomic E-state index is 3.58. The molecule has 3 heteroatoms. The zero-order valence-corrected chi connectivity index (χ0v) is 13.3. The van der Waals surface area contributed by atoms with Gasteiger partial charge in [-0.2, -0.15) is 0 Å². The lowest BCUT2D eigenvalue weighted by molar-refractivity contribution is 0.177. The van der Waals surface area contributed by atoms with E-state index in [0.717, 1.165) is 19.0 Å². The van der Waals surface area contributed by atoms with Crippen LogP contribution in [0.15, 0.2) is 17.5 Å². The standard InChI is InChI=1S/C15H28N2S/c1-6-14(11-16-10-12(2)3)17(5)13(4)15-8-7-9-18-15/h7-9,12-14,16H,6,10-11H2,1-5H3. The molecule has 104 valence electrons. The first-order valence-electron chi connectivity index (χ1n) is 7.02. The summed E-state index contributed by atoms with van der Waals surface area (Å²) in [7, 11) is 2.25. The molecule has 0 aliphatic heterocycles. The van der Waals surface area contributed by atoms with Gasteiger partial charge in [0, 0.05) is 23.5 Å². The number of thiophene rings is 1. The lowest BCUT2D eigenvalue weighted by atomic mass is 10.1. The van der Waals surface area contributed by atoms with E-state index in [9.17, 15) is 0 Å². The van der Waals surface area contributed by atoms with E-state index in [1.165, 1.54) is 11.3 Å². The summed E-state index contributed by atoms with van der Waals surface area (Å²) in [4.78, 5) is 3.96. The minimum Gasteiger partial charge on any atom is -0.315 e. The Morgan fingerprint density at radius 1 is 1.28 bits per heavy atom. The molecule has 0 aliphatic rings. The van der Waals surface area contributed by atoms with E-state index in [1.807, 2.05) is 11.3 Å². The molecule has 1 rings (SSSR count). The van der Waals surface area contributed by atoms with Crippen molar-refractivity contribution in [2.24, 2.45) is 5.92 Å². The number of likely N-dealkylation sites (N-methyl/N-ethyl adjacent to an activating group) is 1. The maximum Gasteiger partial charge on any atom is 0.0413 e. The highest BCUT2D eigenvalue weighted by atomic mass is 32.1. The zero-order chi connectivity index (χ0) is 13.5. The molecule has 18 heavy (non-hydrogen) atoms. The predicted molar refractivity (Wildman–Crippen MR) is 82.3 cm³/mol. The maximum atomic E-state index is 3.58. The summed E-state index contributed by atoms with van der Waals surface area (Å²) in [5.74, 6) is 0.725. The molecule has 1 heterocycles. The highest BCUT2D eigenvalue weighted by molar-refractivity contribution is 7.10. The summed E-state index contributed by atoms with van der Waals surface area (Å²) in [6, 6.07) is 5.50. The second-order valence-corrected chi connectivity index (χ2v) is 6.45. The highest BCUT2D eigenvalue weighted by Gasteiger charge is 2.19. The molecule has 0 saturated carbocycles. The molecule has 0 amide bonds. The first-order chi connectivity index (χ1) is 8.56. The van der Waals surface area contributed by atoms with Crippen LogP contribution >= 0.6 is 11.3 Å². The predicted octanol–water partition coefficient (Wildman–Crippen LogP) is 3.77. The number of hydrogen-bond acceptors (Lipinski definition) is 3. The van der Waals surface area contributed by atoms with Gasteiger partial charge < -0.3 is 5.32 Å². The van der Waals surface area contributed by atoms with Gasteiger partial charge in [0.1, 0.15) is 0 Å². The van der Waals surface area contributed by atoms with E-state index in [-0.39, 0.29) is 0 Å². The SMILES string of the molecule is CCC(CNCC(C)C)N(C)C(C)c1cccs1. The average Bonchev–Trinajstić information content (AvgIpc) is 2.86. The van der Waals surface area contributed by atoms with E-state index >= 15 is 0 Å². The topological polar surface area (TPSA) is 15.3 Å². The molecule has 0 saturated heterocycles. The fraction of sp³-hybridized carbons (Fsp3) is 0.733. The molecule has 1 aromatic heterocycles. The van der Waals surface area contributed by atoms with Crippen LogP contribution in [0, 0.1) is 5.92 Å². The molecule has 0 bridgehead atoms. The molecule has 2 unspecified atom stereocenters. The van der Waals surface area contributed by atoms with Gasteiger partial charge in [-0.1, -0.05) is 26.8 Å². The van der Waals surface area contributed by atoms with Crippen LogP contribution in [0.3, 0.4) is 0 Å². The summed E-state index contributed by atoms with van der Waals surface area (Å²) < 4.78 is 0. The van der Waals surface area contributed by atoms with Gasteiger partial charge in [-0.15, -0.1) is 11.3 Å². The molecule has 0 aliphatic carbocycles. The van der Waals surface area contributed by atoms with Gasteiger partial charge in [-0.25, -0.2) is 0 Å². The smallest absolute Gasteiger partial charge is 0.0413 e. The van der Waals surface area contributed by atoms with E-state index in [1.54, 1.807) is 0 Å². The number of nitrogens with zero attached hydrogens (tertiary/aromatic N) is 1. The van der Waals surface area contributed by atoms with Crippen LogP contribution in [-0.4, -0.2) is 31.1 Å². The number of rotatable bonds is 8. The fourth-order valence-electron chi connectivity index (χ4n) is 2.16. The van der Waals surface area contributed by atoms with Gasteiger partial charge >= 0.3 is 0 Å². The second-order valence-electron chi connectivity index (χ2n) is 5.47. The van der Waals surface area contributed by atoms with Gasteiger partial charge in [0.15, 0.2) is 0 Å². The van der Waals surface area contributed by atoms with Gasteiger partial charge in [-0.3, -0.25) is 4.90 Å². The van der Waals surface area contributed by atoms with Crippen molar-refractivity contribution in [3.8, 4) is 0 Å². The summed E-state index contributed by atoms with van der Waals surface area (Å²) in [6.45, 7) is 11.3. The zero-order valence-electron chi connectivity index (χ0n) is 12.4. The Hall–Kier alpha value is -0.380. The lowest BCUT2D eigenvalue weighted by Crippen LogP contribution is -2.41. The fourth-order valence-corrected chi connectivity index (χ4v) is 3.00. The Morgan fingerprint density at radius 2 is 2.00 bits per heavy atom. The molecular weight excluding hydrogens is 240 g/mol. The highest BCUT2D eigenvalue weighted by Crippen LogP contribution is 2.25. The Morgan fingerprint density at radius 3 is 2.50 bits per heavy atom. The Bertz CT molecular complexity index is 308. The first kappa shape index (κ1) is 15.7. The molecule has 1 aromatic rings. The van der Waals surface area contributed by atoms with Crippen LogP contribution in [0.25, 0.3) is 0 Å². The van der Waals surface area contributed by atoms with Crippen LogP contribution in [-0.2, 0) is 0 Å². The van der Waals surface area contributed by atoms with E-state index < -0.39 is 0 Å². The quantitative estimate of drug-likeness (QED) is 0.772. The first-order valence-corrected chi connectivity index (χ1v) is 7.90. The average molecular weight is 268 g/mol. The third kappa shape index (κ3) is 4.71. The van der Waals surface area contributed by atoms with Gasteiger partial charge in [0.25, 0.3) is 0 Å². The van der Waals surface area contributed by atoms with Crippen molar-refractivity contribution in [1.29, 1.82) is 0 Å². The molecule has 0 aromatic carbocycles. The largest absolute Gasteiger partial charge is 0.315 e. The molecule has 2 nitrogen and oxygen atoms in total. The van der Waals surface area contributed by atoms with Crippen LogP contribution < -0.4 is 5.32 Å². The van der Waals surface area contributed by atoms with E-state index in [4.69, 9.17) is 0 Å². The van der Waals surface area contributed by atoms with Gasteiger partial charge in [0.2, 0.25) is 0 Å². The van der Waals surface area contributed by atoms with Crippen LogP contribution in [0.1, 0.15) is 45.0 Å². The van der Waals surface area contributed by atoms with Crippen molar-refractivity contribution < 1.29 is 0 Å². The lowest BCUT2D eigenvalue weighted by Gasteiger charge is -2.32. The molecule has 2 atom stereocenters. The Balaban J connectivity index is 2.48. The number of hydrogen-bond donors (Lipinski definition) is 1. The summed E-state index contributed by atoms with van der Waals surface area (Å²) in [6.07, 6.45) is 1.19. The van der Waals surface area contributed by atoms with Gasteiger partial charge in [-0.05, 0) is 44.3 Å². The molecular formula is C15H28N2S. The van der Waals surface area contributed by atoms with Crippen molar-refractivity contribution in [2.75, 3.05) is 20.1 Å². The minimum atomic E-state index is 0.510.